The highest BCUT2D eigenvalue weighted by molar-refractivity contribution is 6.30. The summed E-state index contributed by atoms with van der Waals surface area (Å²) in [5, 5.41) is 6.27. The molecule has 0 unspecified atom stereocenters. The standard InChI is InChI=1S/C26H16ClN3O3/c1-2-13-32-22-12-11-19(27)14-18(22)16-28-30-25(24-15-17-7-3-6-10-23(17)33-24)29-21-9-5-4-8-20(21)26(30)31/h1,3-12,14-16H,13H2. The summed E-state index contributed by atoms with van der Waals surface area (Å²) in [5.74, 6) is 3.62. The number of hydrogen-bond acceptors (Lipinski definition) is 5. The average Bonchev–Trinajstić information content (AvgIpc) is 3.27. The predicted octanol–water partition coefficient (Wildman–Crippen LogP) is 5.36. The Kier molecular flexibility index (Phi) is 5.39. The molecule has 0 saturated carbocycles. The van der Waals surface area contributed by atoms with Gasteiger partial charge < -0.3 is 9.15 Å². The first-order valence-corrected chi connectivity index (χ1v) is 10.4. The van der Waals surface area contributed by atoms with Crippen molar-refractivity contribution in [2.45, 2.75) is 0 Å². The van der Waals surface area contributed by atoms with Gasteiger partial charge in [0.1, 0.15) is 17.9 Å². The summed E-state index contributed by atoms with van der Waals surface area (Å²) in [4.78, 5) is 18.0. The fraction of sp³-hybridized carbons (Fsp3) is 0.0385. The van der Waals surface area contributed by atoms with Crippen molar-refractivity contribution in [1.29, 1.82) is 0 Å². The maximum absolute atomic E-state index is 13.4. The summed E-state index contributed by atoms with van der Waals surface area (Å²) < 4.78 is 12.8. The Morgan fingerprint density at radius 2 is 1.94 bits per heavy atom. The van der Waals surface area contributed by atoms with Crippen LogP contribution in [0.4, 0.5) is 0 Å². The van der Waals surface area contributed by atoms with Crippen molar-refractivity contribution in [2.75, 3.05) is 6.61 Å². The first-order chi connectivity index (χ1) is 16.1. The molecule has 5 aromatic rings. The molecule has 0 N–H and O–H groups in total. The number of hydrogen-bond donors (Lipinski definition) is 0. The van der Waals surface area contributed by atoms with Crippen LogP contribution >= 0.6 is 11.6 Å². The predicted molar refractivity (Wildman–Crippen MR) is 130 cm³/mol. The summed E-state index contributed by atoms with van der Waals surface area (Å²) in [7, 11) is 0. The van der Waals surface area contributed by atoms with Crippen LogP contribution in [0.3, 0.4) is 0 Å². The molecule has 0 aliphatic heterocycles. The Bertz CT molecular complexity index is 1590. The molecule has 0 bridgehead atoms. The van der Waals surface area contributed by atoms with E-state index in [1.807, 2.05) is 36.4 Å². The van der Waals surface area contributed by atoms with Gasteiger partial charge in [0.05, 0.1) is 17.1 Å². The number of nitrogens with zero attached hydrogens (tertiary/aromatic N) is 3. The Morgan fingerprint density at radius 3 is 2.79 bits per heavy atom. The van der Waals surface area contributed by atoms with Gasteiger partial charge in [-0.15, -0.1) is 6.42 Å². The monoisotopic (exact) mass is 453 g/mol. The molecule has 0 saturated heterocycles. The minimum atomic E-state index is -0.333. The van der Waals surface area contributed by atoms with E-state index >= 15 is 0 Å². The lowest BCUT2D eigenvalue weighted by Gasteiger charge is -2.09. The van der Waals surface area contributed by atoms with Crippen LogP contribution in [0.1, 0.15) is 5.56 Å². The Balaban J connectivity index is 1.70. The van der Waals surface area contributed by atoms with Crippen molar-refractivity contribution in [1.82, 2.24) is 9.66 Å². The van der Waals surface area contributed by atoms with Crippen molar-refractivity contribution in [2.24, 2.45) is 5.10 Å². The number of ether oxygens (including phenoxy) is 1. The van der Waals surface area contributed by atoms with Gasteiger partial charge in [-0.25, -0.2) is 4.98 Å². The molecular formula is C26H16ClN3O3. The van der Waals surface area contributed by atoms with E-state index in [0.717, 1.165) is 5.39 Å². The second-order valence-corrected chi connectivity index (χ2v) is 7.57. The van der Waals surface area contributed by atoms with Crippen LogP contribution in [-0.2, 0) is 0 Å². The zero-order valence-electron chi connectivity index (χ0n) is 17.2. The minimum absolute atomic E-state index is 0.0875. The second kappa shape index (κ2) is 8.65. The zero-order valence-corrected chi connectivity index (χ0v) is 18.0. The molecule has 160 valence electrons. The van der Waals surface area contributed by atoms with Gasteiger partial charge in [-0.05, 0) is 42.5 Å². The molecule has 5 rings (SSSR count). The van der Waals surface area contributed by atoms with E-state index in [1.54, 1.807) is 36.4 Å². The van der Waals surface area contributed by atoms with E-state index in [9.17, 15) is 4.79 Å². The topological polar surface area (TPSA) is 69.6 Å². The quantitative estimate of drug-likeness (QED) is 0.265. The minimum Gasteiger partial charge on any atom is -0.480 e. The molecule has 0 amide bonds. The molecule has 0 radical (unpaired) electrons. The molecule has 0 atom stereocenters. The van der Waals surface area contributed by atoms with Crippen molar-refractivity contribution in [3.63, 3.8) is 0 Å². The Morgan fingerprint density at radius 1 is 1.12 bits per heavy atom. The van der Waals surface area contributed by atoms with Gasteiger partial charge >= 0.3 is 0 Å². The fourth-order valence-electron chi connectivity index (χ4n) is 3.47. The number of fused-ring (bicyclic) bond motifs is 2. The third-order valence-corrected chi connectivity index (χ3v) is 5.23. The smallest absolute Gasteiger partial charge is 0.282 e. The molecule has 2 aromatic heterocycles. The number of benzene rings is 3. The Labute approximate surface area is 193 Å². The van der Waals surface area contributed by atoms with Crippen LogP contribution in [-0.4, -0.2) is 22.5 Å². The molecule has 2 heterocycles. The maximum Gasteiger partial charge on any atom is 0.282 e. The first kappa shape index (κ1) is 20.6. The number of para-hydroxylation sites is 2. The molecule has 0 spiro atoms. The molecule has 0 fully saturated rings. The van der Waals surface area contributed by atoms with E-state index in [0.29, 0.717) is 38.6 Å². The molecule has 7 heteroatoms. The lowest BCUT2D eigenvalue weighted by molar-refractivity contribution is 0.370. The van der Waals surface area contributed by atoms with Gasteiger partial charge in [0.25, 0.3) is 5.56 Å². The molecule has 33 heavy (non-hydrogen) atoms. The highest BCUT2D eigenvalue weighted by atomic mass is 35.5. The van der Waals surface area contributed by atoms with Crippen molar-refractivity contribution in [3.8, 4) is 29.7 Å². The number of furan rings is 1. The van der Waals surface area contributed by atoms with Gasteiger partial charge in [0, 0.05) is 16.0 Å². The number of aromatic nitrogens is 2. The molecule has 3 aromatic carbocycles. The van der Waals surface area contributed by atoms with Crippen LogP contribution in [0.5, 0.6) is 5.75 Å². The fourth-order valence-corrected chi connectivity index (χ4v) is 3.65. The van der Waals surface area contributed by atoms with Gasteiger partial charge in [-0.1, -0.05) is 47.9 Å². The lowest BCUT2D eigenvalue weighted by atomic mass is 10.2. The number of halogens is 1. The third kappa shape index (κ3) is 3.98. The van der Waals surface area contributed by atoms with E-state index < -0.39 is 0 Å². The largest absolute Gasteiger partial charge is 0.480 e. The van der Waals surface area contributed by atoms with E-state index in [-0.39, 0.29) is 18.0 Å². The summed E-state index contributed by atoms with van der Waals surface area (Å²) >= 11 is 6.16. The van der Waals surface area contributed by atoms with Crippen LogP contribution in [0.25, 0.3) is 33.5 Å². The van der Waals surface area contributed by atoms with Crippen LogP contribution in [0, 0.1) is 12.3 Å². The van der Waals surface area contributed by atoms with Crippen molar-refractivity contribution in [3.05, 3.63) is 93.7 Å². The van der Waals surface area contributed by atoms with Gasteiger partial charge in [0.2, 0.25) is 5.82 Å². The SMILES string of the molecule is C#CCOc1ccc(Cl)cc1C=Nn1c(-c2cc3ccccc3o2)nc2ccccc2c1=O. The maximum atomic E-state index is 13.4. The summed E-state index contributed by atoms with van der Waals surface area (Å²) in [6, 6.07) is 21.6. The molecular weight excluding hydrogens is 438 g/mol. The van der Waals surface area contributed by atoms with Crippen molar-refractivity contribution < 1.29 is 9.15 Å². The first-order valence-electron chi connectivity index (χ1n) is 10.0. The molecule has 0 aliphatic rings. The molecule has 0 aliphatic carbocycles. The average molecular weight is 454 g/mol. The highest BCUT2D eigenvalue weighted by Crippen LogP contribution is 2.27. The normalized spacial score (nSPS) is 11.3. The van der Waals surface area contributed by atoms with Crippen LogP contribution < -0.4 is 10.3 Å². The van der Waals surface area contributed by atoms with Crippen LogP contribution in [0.2, 0.25) is 5.02 Å². The third-order valence-electron chi connectivity index (χ3n) is 4.99. The number of terminal acetylenes is 1. The Hall–Kier alpha value is -4.34. The molecule has 6 nitrogen and oxygen atoms in total. The van der Waals surface area contributed by atoms with Gasteiger partial charge in [-0.2, -0.15) is 9.78 Å². The zero-order chi connectivity index (χ0) is 22.8. The van der Waals surface area contributed by atoms with E-state index in [4.69, 9.17) is 27.2 Å². The summed E-state index contributed by atoms with van der Waals surface area (Å²) in [5.41, 5.74) is 1.46. The lowest BCUT2D eigenvalue weighted by Crippen LogP contribution is -2.20. The second-order valence-electron chi connectivity index (χ2n) is 7.14. The van der Waals surface area contributed by atoms with E-state index in [1.165, 1.54) is 10.9 Å². The number of rotatable bonds is 5. The van der Waals surface area contributed by atoms with E-state index in [2.05, 4.69) is 16.0 Å². The van der Waals surface area contributed by atoms with Gasteiger partial charge in [0.15, 0.2) is 5.76 Å². The summed E-state index contributed by atoms with van der Waals surface area (Å²) in [6.07, 6.45) is 6.80. The highest BCUT2D eigenvalue weighted by Gasteiger charge is 2.16. The van der Waals surface area contributed by atoms with Gasteiger partial charge in [-0.3, -0.25) is 4.79 Å². The van der Waals surface area contributed by atoms with Crippen LogP contribution in [0.15, 0.2) is 87.1 Å². The summed E-state index contributed by atoms with van der Waals surface area (Å²) in [6.45, 7) is 0.0875. The van der Waals surface area contributed by atoms with Crippen molar-refractivity contribution >= 4 is 39.7 Å².